The molecular weight excluding hydrogens is 254 g/mol. The van der Waals surface area contributed by atoms with Crippen molar-refractivity contribution in [1.82, 2.24) is 5.32 Å². The van der Waals surface area contributed by atoms with Crippen molar-refractivity contribution < 1.29 is 4.74 Å². The van der Waals surface area contributed by atoms with Crippen LogP contribution < -0.4 is 10.1 Å². The van der Waals surface area contributed by atoms with E-state index in [0.717, 1.165) is 17.5 Å². The molecule has 0 bridgehead atoms. The molecule has 2 aliphatic heterocycles. The summed E-state index contributed by atoms with van der Waals surface area (Å²) in [6.07, 6.45) is 4.13. The number of hydrogen-bond donors (Lipinski definition) is 1. The summed E-state index contributed by atoms with van der Waals surface area (Å²) in [5.41, 5.74) is 1.16. The van der Waals surface area contributed by atoms with E-state index in [2.05, 4.69) is 49.1 Å². The highest BCUT2D eigenvalue weighted by Crippen LogP contribution is 2.42. The number of nitrogens with one attached hydrogen (secondary N) is 1. The van der Waals surface area contributed by atoms with Gasteiger partial charge in [0.25, 0.3) is 0 Å². The molecule has 2 heterocycles. The average molecular weight is 277 g/mol. The fourth-order valence-electron chi connectivity index (χ4n) is 3.10. The first-order chi connectivity index (χ1) is 9.17. The zero-order valence-electron chi connectivity index (χ0n) is 11.8. The van der Waals surface area contributed by atoms with Gasteiger partial charge in [0.2, 0.25) is 0 Å². The molecule has 2 nitrogen and oxygen atoms in total. The molecule has 19 heavy (non-hydrogen) atoms. The lowest BCUT2D eigenvalue weighted by Gasteiger charge is -2.30. The number of fused-ring (bicyclic) bond motifs is 1. The molecule has 104 valence electrons. The SMILES string of the molecule is CC1(C)Oc2ccccc2C1NCC1CCCCS1. The summed E-state index contributed by atoms with van der Waals surface area (Å²) in [5.74, 6) is 2.37. The van der Waals surface area contributed by atoms with Crippen LogP contribution in [0.25, 0.3) is 0 Å². The van der Waals surface area contributed by atoms with Crippen LogP contribution in [0.15, 0.2) is 24.3 Å². The van der Waals surface area contributed by atoms with Crippen LogP contribution in [-0.2, 0) is 0 Å². The molecule has 0 aromatic heterocycles. The predicted octanol–water partition coefficient (Wildman–Crippen LogP) is 3.77. The summed E-state index contributed by atoms with van der Waals surface area (Å²) in [4.78, 5) is 0. The highest BCUT2D eigenvalue weighted by Gasteiger charge is 2.40. The molecule has 2 aliphatic rings. The molecule has 2 atom stereocenters. The Hall–Kier alpha value is -0.670. The van der Waals surface area contributed by atoms with Crippen molar-refractivity contribution in [2.24, 2.45) is 0 Å². The van der Waals surface area contributed by atoms with E-state index in [1.54, 1.807) is 0 Å². The first kappa shape index (κ1) is 13.3. The van der Waals surface area contributed by atoms with Crippen LogP contribution in [0.3, 0.4) is 0 Å². The molecule has 3 rings (SSSR count). The summed E-state index contributed by atoms with van der Waals surface area (Å²) in [6, 6.07) is 8.73. The highest BCUT2D eigenvalue weighted by molar-refractivity contribution is 7.99. The highest BCUT2D eigenvalue weighted by atomic mass is 32.2. The van der Waals surface area contributed by atoms with Gasteiger partial charge in [0.15, 0.2) is 0 Å². The van der Waals surface area contributed by atoms with Gasteiger partial charge in [-0.1, -0.05) is 24.6 Å². The second kappa shape index (κ2) is 5.37. The third-order valence-electron chi connectivity index (χ3n) is 4.12. The van der Waals surface area contributed by atoms with E-state index < -0.39 is 0 Å². The Morgan fingerprint density at radius 3 is 2.95 bits per heavy atom. The van der Waals surface area contributed by atoms with Gasteiger partial charge in [0.05, 0.1) is 6.04 Å². The minimum Gasteiger partial charge on any atom is -0.486 e. The Bertz CT molecular complexity index is 440. The third-order valence-corrected chi connectivity index (χ3v) is 5.52. The Labute approximate surface area is 120 Å². The van der Waals surface area contributed by atoms with Gasteiger partial charge in [-0.3, -0.25) is 0 Å². The smallest absolute Gasteiger partial charge is 0.125 e. The van der Waals surface area contributed by atoms with E-state index >= 15 is 0 Å². The molecule has 1 saturated heterocycles. The molecule has 0 spiro atoms. The van der Waals surface area contributed by atoms with E-state index in [-0.39, 0.29) is 5.60 Å². The maximum Gasteiger partial charge on any atom is 0.125 e. The van der Waals surface area contributed by atoms with Crippen molar-refractivity contribution in [3.63, 3.8) is 0 Å². The second-order valence-corrected chi connectivity index (χ2v) is 7.48. The van der Waals surface area contributed by atoms with Crippen LogP contribution >= 0.6 is 11.8 Å². The number of thioether (sulfide) groups is 1. The topological polar surface area (TPSA) is 21.3 Å². The van der Waals surface area contributed by atoms with Crippen molar-refractivity contribution in [2.45, 2.75) is 50.0 Å². The van der Waals surface area contributed by atoms with E-state index in [4.69, 9.17) is 4.74 Å². The zero-order chi connectivity index (χ0) is 13.3. The van der Waals surface area contributed by atoms with Crippen LogP contribution in [-0.4, -0.2) is 23.1 Å². The van der Waals surface area contributed by atoms with E-state index in [0.29, 0.717) is 6.04 Å². The first-order valence-electron chi connectivity index (χ1n) is 7.30. The fourth-order valence-corrected chi connectivity index (χ4v) is 4.35. The molecule has 1 N–H and O–H groups in total. The predicted molar refractivity (Wildman–Crippen MR) is 82.0 cm³/mol. The maximum atomic E-state index is 6.08. The normalized spacial score (nSPS) is 28.7. The Morgan fingerprint density at radius 1 is 1.32 bits per heavy atom. The van der Waals surface area contributed by atoms with E-state index in [1.165, 1.54) is 30.6 Å². The summed E-state index contributed by atoms with van der Waals surface area (Å²) in [6.45, 7) is 5.45. The average Bonchev–Trinajstić information content (AvgIpc) is 2.67. The van der Waals surface area contributed by atoms with Gasteiger partial charge < -0.3 is 10.1 Å². The van der Waals surface area contributed by atoms with Crippen molar-refractivity contribution in [3.8, 4) is 5.75 Å². The van der Waals surface area contributed by atoms with Crippen LogP contribution in [0.1, 0.15) is 44.7 Å². The Balaban J connectivity index is 1.68. The van der Waals surface area contributed by atoms with Crippen molar-refractivity contribution >= 4 is 11.8 Å². The standard InChI is InChI=1S/C16H23NOS/c1-16(2)15(13-8-3-4-9-14(13)18-16)17-11-12-7-5-6-10-19-12/h3-4,8-9,12,15,17H,5-7,10-11H2,1-2H3. The maximum absolute atomic E-state index is 6.08. The summed E-state index contributed by atoms with van der Waals surface area (Å²) < 4.78 is 6.08. The van der Waals surface area contributed by atoms with Gasteiger partial charge in [-0.2, -0.15) is 11.8 Å². The number of rotatable bonds is 3. The van der Waals surface area contributed by atoms with Gasteiger partial charge in [-0.05, 0) is 38.5 Å². The van der Waals surface area contributed by atoms with E-state index in [9.17, 15) is 0 Å². The van der Waals surface area contributed by atoms with Crippen LogP contribution in [0.2, 0.25) is 0 Å². The van der Waals surface area contributed by atoms with Gasteiger partial charge in [-0.15, -0.1) is 0 Å². The third kappa shape index (κ3) is 2.77. The van der Waals surface area contributed by atoms with Gasteiger partial charge in [0.1, 0.15) is 11.4 Å². The molecule has 1 aromatic rings. The number of ether oxygens (including phenoxy) is 1. The van der Waals surface area contributed by atoms with Crippen molar-refractivity contribution in [2.75, 3.05) is 12.3 Å². The van der Waals surface area contributed by atoms with Crippen LogP contribution in [0, 0.1) is 0 Å². The van der Waals surface area contributed by atoms with Crippen molar-refractivity contribution in [3.05, 3.63) is 29.8 Å². The number of para-hydroxylation sites is 1. The summed E-state index contributed by atoms with van der Waals surface area (Å²) in [5, 5.41) is 4.53. The number of hydrogen-bond acceptors (Lipinski definition) is 3. The molecule has 0 aliphatic carbocycles. The zero-order valence-corrected chi connectivity index (χ0v) is 12.6. The lowest BCUT2D eigenvalue weighted by Crippen LogP contribution is -2.41. The minimum absolute atomic E-state index is 0.150. The fraction of sp³-hybridized carbons (Fsp3) is 0.625. The first-order valence-corrected chi connectivity index (χ1v) is 8.34. The quantitative estimate of drug-likeness (QED) is 0.908. The van der Waals surface area contributed by atoms with Gasteiger partial charge >= 0.3 is 0 Å². The lowest BCUT2D eigenvalue weighted by molar-refractivity contribution is 0.0966. The summed E-state index contributed by atoms with van der Waals surface area (Å²) >= 11 is 2.12. The molecule has 0 radical (unpaired) electrons. The van der Waals surface area contributed by atoms with Crippen LogP contribution in [0.5, 0.6) is 5.75 Å². The number of benzene rings is 1. The Morgan fingerprint density at radius 2 is 2.16 bits per heavy atom. The molecule has 3 heteroatoms. The largest absolute Gasteiger partial charge is 0.486 e. The molecule has 2 unspecified atom stereocenters. The monoisotopic (exact) mass is 277 g/mol. The molecular formula is C16H23NOS. The van der Waals surface area contributed by atoms with Gasteiger partial charge in [-0.25, -0.2) is 0 Å². The van der Waals surface area contributed by atoms with Crippen molar-refractivity contribution in [1.29, 1.82) is 0 Å². The van der Waals surface area contributed by atoms with E-state index in [1.807, 2.05) is 6.07 Å². The Kier molecular flexibility index (Phi) is 3.77. The summed E-state index contributed by atoms with van der Waals surface area (Å²) in [7, 11) is 0. The van der Waals surface area contributed by atoms with Gasteiger partial charge in [0, 0.05) is 17.4 Å². The molecule has 0 amide bonds. The minimum atomic E-state index is -0.150. The molecule has 1 aromatic carbocycles. The van der Waals surface area contributed by atoms with Crippen LogP contribution in [0.4, 0.5) is 0 Å². The molecule has 0 saturated carbocycles. The molecule has 1 fully saturated rings. The lowest BCUT2D eigenvalue weighted by atomic mass is 9.94. The second-order valence-electron chi connectivity index (χ2n) is 6.07.